The number of amides is 1. The summed E-state index contributed by atoms with van der Waals surface area (Å²) in [6.07, 6.45) is 0. The van der Waals surface area contributed by atoms with E-state index in [9.17, 15) is 4.79 Å². The molecule has 0 atom stereocenters. The Morgan fingerprint density at radius 1 is 0.885 bits per heavy atom. The van der Waals surface area contributed by atoms with Crippen LogP contribution in [0.1, 0.15) is 41.3 Å². The number of rotatable bonds is 6. The lowest BCUT2D eigenvalue weighted by atomic mass is 10.0. The van der Waals surface area contributed by atoms with Gasteiger partial charge in [0.25, 0.3) is 5.91 Å². The van der Waals surface area contributed by atoms with Crippen LogP contribution in [0.5, 0.6) is 0 Å². The molecule has 0 spiro atoms. The first-order valence-electron chi connectivity index (χ1n) is 8.80. The zero-order valence-corrected chi connectivity index (χ0v) is 15.9. The third-order valence-corrected chi connectivity index (χ3v) is 5.35. The molecular weight excluding hydrogens is 338 g/mol. The fourth-order valence-corrected chi connectivity index (χ4v) is 3.67. The van der Waals surface area contributed by atoms with Crippen molar-refractivity contribution in [1.29, 1.82) is 0 Å². The molecule has 3 aromatic carbocycles. The van der Waals surface area contributed by atoms with E-state index in [4.69, 9.17) is 0 Å². The first-order valence-corrected chi connectivity index (χ1v) is 9.79. The molecular formula is C23H23NOS. The van der Waals surface area contributed by atoms with Crippen LogP contribution in [0.15, 0.2) is 83.8 Å². The van der Waals surface area contributed by atoms with Gasteiger partial charge >= 0.3 is 0 Å². The van der Waals surface area contributed by atoms with Crippen LogP contribution in [0.25, 0.3) is 0 Å². The highest BCUT2D eigenvalue weighted by molar-refractivity contribution is 7.98. The summed E-state index contributed by atoms with van der Waals surface area (Å²) in [7, 11) is 0. The van der Waals surface area contributed by atoms with E-state index in [1.807, 2.05) is 54.6 Å². The lowest BCUT2D eigenvalue weighted by Crippen LogP contribution is -2.13. The number of hydrogen-bond donors (Lipinski definition) is 1. The molecule has 0 fully saturated rings. The van der Waals surface area contributed by atoms with E-state index in [-0.39, 0.29) is 5.91 Å². The van der Waals surface area contributed by atoms with E-state index >= 15 is 0 Å². The Morgan fingerprint density at radius 2 is 1.54 bits per heavy atom. The third-order valence-electron chi connectivity index (χ3n) is 4.20. The summed E-state index contributed by atoms with van der Waals surface area (Å²) in [6.45, 7) is 4.32. The van der Waals surface area contributed by atoms with E-state index in [0.29, 0.717) is 11.5 Å². The van der Waals surface area contributed by atoms with Crippen molar-refractivity contribution in [3.05, 3.63) is 95.6 Å². The molecule has 0 aliphatic carbocycles. The second-order valence-corrected chi connectivity index (χ2v) is 7.52. The zero-order valence-electron chi connectivity index (χ0n) is 15.1. The van der Waals surface area contributed by atoms with Crippen LogP contribution in [0.3, 0.4) is 0 Å². The van der Waals surface area contributed by atoms with Gasteiger partial charge in [-0.05, 0) is 41.3 Å². The second-order valence-electron chi connectivity index (χ2n) is 6.50. The lowest BCUT2D eigenvalue weighted by molar-refractivity contribution is 0.102. The van der Waals surface area contributed by atoms with Crippen molar-refractivity contribution in [2.24, 2.45) is 0 Å². The van der Waals surface area contributed by atoms with Gasteiger partial charge in [-0.25, -0.2) is 0 Å². The lowest BCUT2D eigenvalue weighted by Gasteiger charge is -2.11. The highest BCUT2D eigenvalue weighted by Gasteiger charge is 2.12. The largest absolute Gasteiger partial charge is 0.322 e. The number of benzene rings is 3. The quantitative estimate of drug-likeness (QED) is 0.518. The van der Waals surface area contributed by atoms with Crippen molar-refractivity contribution in [1.82, 2.24) is 0 Å². The molecule has 2 nitrogen and oxygen atoms in total. The molecule has 0 aromatic heterocycles. The second kappa shape index (κ2) is 8.72. The molecule has 3 aromatic rings. The molecule has 0 aliphatic heterocycles. The predicted octanol–water partition coefficient (Wildman–Crippen LogP) is 6.35. The Labute approximate surface area is 159 Å². The standard InChI is InChI=1S/C23H23NOS/c1-17(2)19-12-14-20(15-13-19)24-23(25)21-10-6-7-11-22(21)26-16-18-8-4-3-5-9-18/h3-15,17H,16H2,1-2H3,(H,24,25). The van der Waals surface area contributed by atoms with Crippen molar-refractivity contribution in [2.45, 2.75) is 30.4 Å². The number of thioether (sulfide) groups is 1. The van der Waals surface area contributed by atoms with Crippen LogP contribution in [0, 0.1) is 0 Å². The van der Waals surface area contributed by atoms with Crippen LogP contribution >= 0.6 is 11.8 Å². The molecule has 132 valence electrons. The minimum absolute atomic E-state index is 0.0709. The SMILES string of the molecule is CC(C)c1ccc(NC(=O)c2ccccc2SCc2ccccc2)cc1. The van der Waals surface area contributed by atoms with E-state index in [2.05, 4.69) is 43.4 Å². The van der Waals surface area contributed by atoms with Crippen LogP contribution in [0.2, 0.25) is 0 Å². The molecule has 0 unspecified atom stereocenters. The maximum Gasteiger partial charge on any atom is 0.256 e. The first-order chi connectivity index (χ1) is 12.6. The Kier molecular flexibility index (Phi) is 6.13. The number of hydrogen-bond acceptors (Lipinski definition) is 2. The van der Waals surface area contributed by atoms with E-state index in [1.165, 1.54) is 11.1 Å². The third kappa shape index (κ3) is 4.77. The number of carbonyl (C=O) groups excluding carboxylic acids is 1. The molecule has 0 aliphatic rings. The van der Waals surface area contributed by atoms with E-state index < -0.39 is 0 Å². The Bertz CT molecular complexity index is 857. The molecule has 0 saturated carbocycles. The van der Waals surface area contributed by atoms with Crippen LogP contribution in [0.4, 0.5) is 5.69 Å². The van der Waals surface area contributed by atoms with Gasteiger partial charge in [0.05, 0.1) is 5.56 Å². The van der Waals surface area contributed by atoms with Gasteiger partial charge in [0, 0.05) is 16.3 Å². The van der Waals surface area contributed by atoms with Gasteiger partial charge in [0.2, 0.25) is 0 Å². The average molecular weight is 362 g/mol. The molecule has 1 N–H and O–H groups in total. The van der Waals surface area contributed by atoms with Crippen LogP contribution in [-0.4, -0.2) is 5.91 Å². The highest BCUT2D eigenvalue weighted by Crippen LogP contribution is 2.27. The molecule has 3 heteroatoms. The van der Waals surface area contributed by atoms with Gasteiger partial charge < -0.3 is 5.32 Å². The van der Waals surface area contributed by atoms with E-state index in [1.54, 1.807) is 11.8 Å². The van der Waals surface area contributed by atoms with Crippen molar-refractivity contribution in [3.63, 3.8) is 0 Å². The summed E-state index contributed by atoms with van der Waals surface area (Å²) in [5.74, 6) is 1.25. The number of carbonyl (C=O) groups is 1. The normalized spacial score (nSPS) is 10.7. The van der Waals surface area contributed by atoms with Gasteiger partial charge in [-0.1, -0.05) is 68.4 Å². The molecule has 0 radical (unpaired) electrons. The minimum atomic E-state index is -0.0709. The summed E-state index contributed by atoms with van der Waals surface area (Å²) in [4.78, 5) is 13.7. The van der Waals surface area contributed by atoms with Crippen molar-refractivity contribution in [2.75, 3.05) is 5.32 Å². The van der Waals surface area contributed by atoms with Gasteiger partial charge in [0.15, 0.2) is 0 Å². The average Bonchev–Trinajstić information content (AvgIpc) is 2.68. The van der Waals surface area contributed by atoms with Gasteiger partial charge in [-0.15, -0.1) is 11.8 Å². The Morgan fingerprint density at radius 3 is 2.23 bits per heavy atom. The summed E-state index contributed by atoms with van der Waals surface area (Å²) < 4.78 is 0. The summed E-state index contributed by atoms with van der Waals surface area (Å²) in [6, 6.07) is 26.1. The van der Waals surface area contributed by atoms with Crippen LogP contribution in [-0.2, 0) is 5.75 Å². The smallest absolute Gasteiger partial charge is 0.256 e. The molecule has 3 rings (SSSR count). The first kappa shape index (κ1) is 18.3. The molecule has 1 amide bonds. The molecule has 0 bridgehead atoms. The number of nitrogens with one attached hydrogen (secondary N) is 1. The summed E-state index contributed by atoms with van der Waals surface area (Å²) in [5.41, 5.74) is 4.04. The van der Waals surface area contributed by atoms with Gasteiger partial charge in [-0.2, -0.15) is 0 Å². The fraction of sp³-hybridized carbons (Fsp3) is 0.174. The molecule has 26 heavy (non-hydrogen) atoms. The predicted molar refractivity (Wildman–Crippen MR) is 111 cm³/mol. The highest BCUT2D eigenvalue weighted by atomic mass is 32.2. The molecule has 0 saturated heterocycles. The maximum atomic E-state index is 12.7. The molecule has 0 heterocycles. The monoisotopic (exact) mass is 361 g/mol. The van der Waals surface area contributed by atoms with E-state index in [0.717, 1.165) is 16.3 Å². The van der Waals surface area contributed by atoms with Crippen molar-refractivity contribution < 1.29 is 4.79 Å². The Balaban J connectivity index is 1.71. The van der Waals surface area contributed by atoms with Crippen molar-refractivity contribution >= 4 is 23.4 Å². The number of anilines is 1. The minimum Gasteiger partial charge on any atom is -0.322 e. The summed E-state index contributed by atoms with van der Waals surface area (Å²) >= 11 is 1.68. The van der Waals surface area contributed by atoms with Crippen LogP contribution < -0.4 is 5.32 Å². The summed E-state index contributed by atoms with van der Waals surface area (Å²) in [5, 5.41) is 3.01. The van der Waals surface area contributed by atoms with Gasteiger partial charge in [0.1, 0.15) is 0 Å². The fourth-order valence-electron chi connectivity index (χ4n) is 2.67. The zero-order chi connectivity index (χ0) is 18.4. The topological polar surface area (TPSA) is 29.1 Å². The maximum absolute atomic E-state index is 12.7. The van der Waals surface area contributed by atoms with Crippen molar-refractivity contribution in [3.8, 4) is 0 Å². The van der Waals surface area contributed by atoms with Gasteiger partial charge in [-0.3, -0.25) is 4.79 Å². The Hall–Kier alpha value is -2.52.